The number of anilines is 1. The van der Waals surface area contributed by atoms with Crippen molar-refractivity contribution in [3.8, 4) is 17.0 Å². The fourth-order valence-corrected chi connectivity index (χ4v) is 2.54. The van der Waals surface area contributed by atoms with E-state index in [4.69, 9.17) is 4.74 Å². The SMILES string of the molecule is COc1cccc(-c2cc(NC(=O)c3cscn3)n(C)n2)c1. The van der Waals surface area contributed by atoms with E-state index in [2.05, 4.69) is 15.4 Å². The Morgan fingerprint density at radius 3 is 2.95 bits per heavy atom. The highest BCUT2D eigenvalue weighted by molar-refractivity contribution is 7.07. The number of thiazole rings is 1. The molecule has 0 saturated carbocycles. The first-order chi connectivity index (χ1) is 10.7. The Hall–Kier alpha value is -2.67. The number of carbonyl (C=O) groups is 1. The number of ether oxygens (including phenoxy) is 1. The fourth-order valence-electron chi connectivity index (χ4n) is 2.01. The van der Waals surface area contributed by atoms with Gasteiger partial charge < -0.3 is 10.1 Å². The van der Waals surface area contributed by atoms with Gasteiger partial charge in [-0.3, -0.25) is 9.48 Å². The number of rotatable bonds is 4. The number of aryl methyl sites for hydroxylation is 1. The zero-order chi connectivity index (χ0) is 15.5. The van der Waals surface area contributed by atoms with Crippen molar-refractivity contribution in [1.82, 2.24) is 14.8 Å². The van der Waals surface area contributed by atoms with Crippen LogP contribution < -0.4 is 10.1 Å². The zero-order valence-corrected chi connectivity index (χ0v) is 12.9. The first-order valence-electron chi connectivity index (χ1n) is 6.55. The zero-order valence-electron chi connectivity index (χ0n) is 12.1. The number of benzene rings is 1. The molecule has 22 heavy (non-hydrogen) atoms. The summed E-state index contributed by atoms with van der Waals surface area (Å²) in [5.74, 6) is 1.12. The van der Waals surface area contributed by atoms with Gasteiger partial charge in [0.1, 0.15) is 17.3 Å². The second-order valence-corrected chi connectivity index (χ2v) is 5.32. The molecule has 0 aliphatic rings. The number of nitrogens with zero attached hydrogens (tertiary/aromatic N) is 3. The van der Waals surface area contributed by atoms with E-state index in [9.17, 15) is 4.79 Å². The van der Waals surface area contributed by atoms with Crippen molar-refractivity contribution in [3.05, 3.63) is 46.9 Å². The number of hydrogen-bond acceptors (Lipinski definition) is 5. The Bertz CT molecular complexity index is 796. The smallest absolute Gasteiger partial charge is 0.276 e. The molecule has 0 spiro atoms. The van der Waals surface area contributed by atoms with Crippen LogP contribution in [0.15, 0.2) is 41.2 Å². The summed E-state index contributed by atoms with van der Waals surface area (Å²) in [6, 6.07) is 9.43. The third-order valence-corrected chi connectivity index (χ3v) is 3.74. The number of aromatic nitrogens is 3. The normalized spacial score (nSPS) is 10.5. The molecule has 6 nitrogen and oxygen atoms in total. The number of carbonyl (C=O) groups excluding carboxylic acids is 1. The van der Waals surface area contributed by atoms with Crippen molar-refractivity contribution in [2.24, 2.45) is 7.05 Å². The van der Waals surface area contributed by atoms with Gasteiger partial charge in [-0.15, -0.1) is 11.3 Å². The van der Waals surface area contributed by atoms with Gasteiger partial charge in [-0.2, -0.15) is 5.10 Å². The van der Waals surface area contributed by atoms with Gasteiger partial charge in [0.05, 0.1) is 18.3 Å². The van der Waals surface area contributed by atoms with E-state index in [0.717, 1.165) is 17.0 Å². The molecule has 1 N–H and O–H groups in total. The number of nitrogens with one attached hydrogen (secondary N) is 1. The Kier molecular flexibility index (Phi) is 3.88. The molecule has 2 heterocycles. The highest BCUT2D eigenvalue weighted by Crippen LogP contribution is 2.25. The maximum Gasteiger partial charge on any atom is 0.276 e. The summed E-state index contributed by atoms with van der Waals surface area (Å²) in [5, 5.41) is 8.93. The van der Waals surface area contributed by atoms with Crippen molar-refractivity contribution in [2.45, 2.75) is 0 Å². The molecule has 0 atom stereocenters. The summed E-state index contributed by atoms with van der Waals surface area (Å²) >= 11 is 1.38. The minimum absolute atomic E-state index is 0.249. The van der Waals surface area contributed by atoms with Crippen LogP contribution in [0.3, 0.4) is 0 Å². The molecule has 0 radical (unpaired) electrons. The first-order valence-corrected chi connectivity index (χ1v) is 7.49. The molecule has 2 aromatic heterocycles. The predicted octanol–water partition coefficient (Wildman–Crippen LogP) is 2.80. The highest BCUT2D eigenvalue weighted by atomic mass is 32.1. The molecule has 112 valence electrons. The largest absolute Gasteiger partial charge is 0.497 e. The van der Waals surface area contributed by atoms with Crippen LogP contribution in [0.5, 0.6) is 5.75 Å². The van der Waals surface area contributed by atoms with Crippen molar-refractivity contribution in [3.63, 3.8) is 0 Å². The van der Waals surface area contributed by atoms with Gasteiger partial charge in [0.25, 0.3) is 5.91 Å². The summed E-state index contributed by atoms with van der Waals surface area (Å²) in [5.41, 5.74) is 3.70. The second kappa shape index (κ2) is 5.98. The van der Waals surface area contributed by atoms with Crippen LogP contribution in [0, 0.1) is 0 Å². The lowest BCUT2D eigenvalue weighted by Crippen LogP contribution is -2.14. The molecular formula is C15H14N4O2S. The summed E-state index contributed by atoms with van der Waals surface area (Å²) in [4.78, 5) is 16.0. The first kappa shape index (κ1) is 14.3. The van der Waals surface area contributed by atoms with Gasteiger partial charge in [-0.05, 0) is 12.1 Å². The van der Waals surface area contributed by atoms with Gasteiger partial charge in [-0.1, -0.05) is 12.1 Å². The Morgan fingerprint density at radius 1 is 1.36 bits per heavy atom. The van der Waals surface area contributed by atoms with Gasteiger partial charge in [0.2, 0.25) is 0 Å². The van der Waals surface area contributed by atoms with Crippen molar-refractivity contribution < 1.29 is 9.53 Å². The van der Waals surface area contributed by atoms with E-state index in [-0.39, 0.29) is 5.91 Å². The average molecular weight is 314 g/mol. The average Bonchev–Trinajstić information content (AvgIpc) is 3.18. The van der Waals surface area contributed by atoms with Crippen molar-refractivity contribution >= 4 is 23.1 Å². The molecule has 3 rings (SSSR count). The maximum absolute atomic E-state index is 12.0. The molecule has 1 aromatic carbocycles. The fraction of sp³-hybridized carbons (Fsp3) is 0.133. The van der Waals surface area contributed by atoms with Crippen molar-refractivity contribution in [1.29, 1.82) is 0 Å². The van der Waals surface area contributed by atoms with Crippen molar-refractivity contribution in [2.75, 3.05) is 12.4 Å². The van der Waals surface area contributed by atoms with E-state index in [1.165, 1.54) is 11.3 Å². The monoisotopic (exact) mass is 314 g/mol. The number of methoxy groups -OCH3 is 1. The molecule has 1 amide bonds. The molecular weight excluding hydrogens is 300 g/mol. The van der Waals surface area contributed by atoms with Gasteiger partial charge in [0, 0.05) is 24.1 Å². The van der Waals surface area contributed by atoms with E-state index >= 15 is 0 Å². The predicted molar refractivity (Wildman–Crippen MR) is 85.3 cm³/mol. The van der Waals surface area contributed by atoms with E-state index < -0.39 is 0 Å². The van der Waals surface area contributed by atoms with E-state index in [0.29, 0.717) is 11.5 Å². The molecule has 0 aliphatic heterocycles. The molecule has 0 unspecified atom stereocenters. The molecule has 0 saturated heterocycles. The number of hydrogen-bond donors (Lipinski definition) is 1. The molecule has 0 bridgehead atoms. The minimum atomic E-state index is -0.249. The third kappa shape index (κ3) is 2.84. The quantitative estimate of drug-likeness (QED) is 0.804. The Labute approximate surface area is 131 Å². The molecule has 0 fully saturated rings. The summed E-state index contributed by atoms with van der Waals surface area (Å²) in [6.45, 7) is 0. The topological polar surface area (TPSA) is 69.0 Å². The van der Waals surface area contributed by atoms with Gasteiger partial charge in [0.15, 0.2) is 0 Å². The van der Waals surface area contributed by atoms with Gasteiger partial charge in [-0.25, -0.2) is 4.98 Å². The lowest BCUT2D eigenvalue weighted by molar-refractivity contribution is 0.102. The van der Waals surface area contributed by atoms with Crippen LogP contribution in [-0.4, -0.2) is 27.8 Å². The van der Waals surface area contributed by atoms with Crippen LogP contribution in [-0.2, 0) is 7.05 Å². The van der Waals surface area contributed by atoms with Crippen LogP contribution in [0.2, 0.25) is 0 Å². The van der Waals surface area contributed by atoms with E-state index in [1.807, 2.05) is 30.3 Å². The molecule has 3 aromatic rings. The summed E-state index contributed by atoms with van der Waals surface area (Å²) in [7, 11) is 3.40. The van der Waals surface area contributed by atoms with Crippen LogP contribution >= 0.6 is 11.3 Å². The van der Waals surface area contributed by atoms with Gasteiger partial charge >= 0.3 is 0 Å². The van der Waals surface area contributed by atoms with E-state index in [1.54, 1.807) is 29.7 Å². The summed E-state index contributed by atoms with van der Waals surface area (Å²) < 4.78 is 6.84. The number of amides is 1. The lowest BCUT2D eigenvalue weighted by Gasteiger charge is -2.01. The van der Waals surface area contributed by atoms with Crippen LogP contribution in [0.4, 0.5) is 5.82 Å². The minimum Gasteiger partial charge on any atom is -0.497 e. The van der Waals surface area contributed by atoms with Crippen LogP contribution in [0.25, 0.3) is 11.3 Å². The van der Waals surface area contributed by atoms with Crippen LogP contribution in [0.1, 0.15) is 10.5 Å². The highest BCUT2D eigenvalue weighted by Gasteiger charge is 2.13. The Balaban J connectivity index is 1.86. The molecule has 0 aliphatic carbocycles. The Morgan fingerprint density at radius 2 is 2.23 bits per heavy atom. The maximum atomic E-state index is 12.0. The summed E-state index contributed by atoms with van der Waals surface area (Å²) in [6.07, 6.45) is 0. The lowest BCUT2D eigenvalue weighted by atomic mass is 10.1. The third-order valence-electron chi connectivity index (χ3n) is 3.15. The second-order valence-electron chi connectivity index (χ2n) is 4.60. The molecule has 7 heteroatoms. The standard InChI is InChI=1S/C15H14N4O2S/c1-19-14(17-15(20)13-8-22-9-16-13)7-12(18-19)10-4-3-5-11(6-10)21-2/h3-9H,1-2H3,(H,17,20).